The lowest BCUT2D eigenvalue weighted by Crippen LogP contribution is -2.52. The summed E-state index contributed by atoms with van der Waals surface area (Å²) in [5.41, 5.74) is 4.10. The topological polar surface area (TPSA) is 118 Å². The predicted octanol–water partition coefficient (Wildman–Crippen LogP) is 4.02. The molecule has 3 atom stereocenters. The van der Waals surface area contributed by atoms with E-state index in [4.69, 9.17) is 17.3 Å². The fourth-order valence-corrected chi connectivity index (χ4v) is 4.72. The van der Waals surface area contributed by atoms with Gasteiger partial charge in [-0.3, -0.25) is 14.6 Å². The largest absolute Gasteiger partial charge is 0.480 e. The first-order valence-electron chi connectivity index (χ1n) is 9.08. The first-order chi connectivity index (χ1) is 14.4. The van der Waals surface area contributed by atoms with E-state index in [2.05, 4.69) is 15.3 Å². The van der Waals surface area contributed by atoms with Crippen LogP contribution in [0.3, 0.4) is 0 Å². The number of aliphatic carboxylic acids is 1. The number of rotatable bonds is 4. The Morgan fingerprint density at radius 1 is 1.29 bits per heavy atom. The number of aliphatic imine (C=N–C) groups is 1. The SMILES string of the molecule is CC1[C@@](C)(C(=O)O)SC(N)=N[C@]1(C)c1cc(NC(=O)c2ccc(Cl)cn2)cc(F)c1F. The molecule has 2 aromatic rings. The third-order valence-corrected chi connectivity index (χ3v) is 7.02. The van der Waals surface area contributed by atoms with Gasteiger partial charge < -0.3 is 16.2 Å². The maximum absolute atomic E-state index is 14.9. The van der Waals surface area contributed by atoms with Crippen molar-refractivity contribution in [1.82, 2.24) is 4.98 Å². The number of nitrogens with zero attached hydrogens (tertiary/aromatic N) is 2. The highest BCUT2D eigenvalue weighted by Crippen LogP contribution is 2.50. The Morgan fingerprint density at radius 3 is 2.55 bits per heavy atom. The Bertz CT molecular complexity index is 1100. The number of amides is 1. The first kappa shape index (κ1) is 23.0. The molecule has 0 spiro atoms. The molecule has 0 fully saturated rings. The minimum Gasteiger partial charge on any atom is -0.480 e. The molecule has 3 rings (SSSR count). The number of hydrogen-bond acceptors (Lipinski definition) is 6. The molecular formula is C20H19ClF2N4O3S. The Kier molecular flexibility index (Phi) is 5.98. The smallest absolute Gasteiger partial charge is 0.320 e. The van der Waals surface area contributed by atoms with E-state index in [-0.39, 0.29) is 22.1 Å². The molecule has 1 unspecified atom stereocenters. The number of hydrogen-bond donors (Lipinski definition) is 3. The average molecular weight is 469 g/mol. The summed E-state index contributed by atoms with van der Waals surface area (Å²) in [5.74, 6) is -5.03. The summed E-state index contributed by atoms with van der Waals surface area (Å²) in [6.07, 6.45) is 1.28. The van der Waals surface area contributed by atoms with Crippen molar-refractivity contribution in [2.75, 3.05) is 5.32 Å². The standard InChI is InChI=1S/C20H19ClF2N4O3S/c1-9-19(2,27-18(24)31-20(9,3)17(29)30)12-6-11(7-13(22)15(12)23)26-16(28)14-5-4-10(21)8-25-14/h4-9H,1-3H3,(H2,24,27)(H,26,28)(H,29,30)/t9?,19-,20-/m0/s1. The average Bonchev–Trinajstić information content (AvgIpc) is 2.68. The van der Waals surface area contributed by atoms with Crippen LogP contribution in [0, 0.1) is 17.6 Å². The van der Waals surface area contributed by atoms with Crippen LogP contribution in [0.5, 0.6) is 0 Å². The Labute approximate surface area is 186 Å². The van der Waals surface area contributed by atoms with Crippen LogP contribution in [0.1, 0.15) is 36.8 Å². The number of carbonyl (C=O) groups is 2. The van der Waals surface area contributed by atoms with Gasteiger partial charge in [-0.05, 0) is 32.0 Å². The third kappa shape index (κ3) is 4.09. The molecule has 0 bridgehead atoms. The van der Waals surface area contributed by atoms with Gasteiger partial charge in [-0.1, -0.05) is 30.3 Å². The van der Waals surface area contributed by atoms with E-state index < -0.39 is 39.7 Å². The van der Waals surface area contributed by atoms with Crippen molar-refractivity contribution in [3.8, 4) is 0 Å². The number of nitrogens with two attached hydrogens (primary N) is 1. The first-order valence-corrected chi connectivity index (χ1v) is 10.3. The number of aromatic nitrogens is 1. The zero-order valence-electron chi connectivity index (χ0n) is 16.7. The van der Waals surface area contributed by atoms with Gasteiger partial charge in [0.2, 0.25) is 0 Å². The Balaban J connectivity index is 2.06. The minimum atomic E-state index is -1.51. The van der Waals surface area contributed by atoms with Crippen molar-refractivity contribution in [2.45, 2.75) is 31.1 Å². The monoisotopic (exact) mass is 468 g/mol. The van der Waals surface area contributed by atoms with E-state index >= 15 is 0 Å². The summed E-state index contributed by atoms with van der Waals surface area (Å²) < 4.78 is 27.9. The highest BCUT2D eigenvalue weighted by Gasteiger charge is 2.54. The van der Waals surface area contributed by atoms with E-state index in [0.717, 1.165) is 17.8 Å². The van der Waals surface area contributed by atoms with Crippen molar-refractivity contribution in [1.29, 1.82) is 0 Å². The Morgan fingerprint density at radius 2 is 1.97 bits per heavy atom. The van der Waals surface area contributed by atoms with Crippen molar-refractivity contribution in [3.63, 3.8) is 0 Å². The fraction of sp³-hybridized carbons (Fsp3) is 0.300. The molecule has 31 heavy (non-hydrogen) atoms. The van der Waals surface area contributed by atoms with Crippen molar-refractivity contribution in [3.05, 3.63) is 58.4 Å². The van der Waals surface area contributed by atoms with Crippen LogP contribution in [-0.2, 0) is 10.3 Å². The molecule has 0 saturated carbocycles. The van der Waals surface area contributed by atoms with Crippen molar-refractivity contribution < 1.29 is 23.5 Å². The van der Waals surface area contributed by atoms with Gasteiger partial charge >= 0.3 is 5.97 Å². The van der Waals surface area contributed by atoms with Gasteiger partial charge in [0, 0.05) is 29.4 Å². The zero-order chi connectivity index (χ0) is 23.1. The van der Waals surface area contributed by atoms with Gasteiger partial charge in [-0.2, -0.15) is 0 Å². The lowest BCUT2D eigenvalue weighted by molar-refractivity contribution is -0.141. The molecule has 1 aromatic carbocycles. The molecular weight excluding hydrogens is 450 g/mol. The number of benzene rings is 1. The molecule has 11 heteroatoms. The van der Waals surface area contributed by atoms with Crippen LogP contribution in [-0.4, -0.2) is 31.9 Å². The molecule has 164 valence electrons. The number of carbonyl (C=O) groups excluding carboxylic acids is 1. The second-order valence-electron chi connectivity index (χ2n) is 7.47. The van der Waals surface area contributed by atoms with Crippen LogP contribution in [0.4, 0.5) is 14.5 Å². The number of anilines is 1. The number of pyridine rings is 1. The molecule has 0 saturated heterocycles. The molecule has 1 aromatic heterocycles. The number of carboxylic acids is 1. The summed E-state index contributed by atoms with van der Waals surface area (Å²) in [5, 5.41) is 12.5. The van der Waals surface area contributed by atoms with Crippen molar-refractivity contribution >= 4 is 46.1 Å². The lowest BCUT2D eigenvalue weighted by atomic mass is 9.73. The quantitative estimate of drug-likeness (QED) is 0.623. The number of amidine groups is 1. The maximum Gasteiger partial charge on any atom is 0.320 e. The van der Waals surface area contributed by atoms with Crippen LogP contribution >= 0.6 is 23.4 Å². The molecule has 1 amide bonds. The number of thioether (sulfide) groups is 1. The van der Waals surface area contributed by atoms with E-state index in [9.17, 15) is 23.5 Å². The highest BCUT2D eigenvalue weighted by atomic mass is 35.5. The van der Waals surface area contributed by atoms with Crippen LogP contribution in [0.2, 0.25) is 5.02 Å². The number of nitrogens with one attached hydrogen (secondary N) is 1. The summed E-state index contributed by atoms with van der Waals surface area (Å²) in [7, 11) is 0. The molecule has 0 aliphatic carbocycles. The van der Waals surface area contributed by atoms with E-state index in [1.54, 1.807) is 6.92 Å². The van der Waals surface area contributed by atoms with Crippen LogP contribution in [0.15, 0.2) is 35.5 Å². The number of carboxylic acid groups (broad SMARTS) is 1. The fourth-order valence-electron chi connectivity index (χ4n) is 3.45. The van der Waals surface area contributed by atoms with Gasteiger partial charge in [0.05, 0.1) is 10.6 Å². The lowest BCUT2D eigenvalue weighted by Gasteiger charge is -2.45. The van der Waals surface area contributed by atoms with E-state index in [1.165, 1.54) is 38.2 Å². The highest BCUT2D eigenvalue weighted by molar-refractivity contribution is 8.15. The second-order valence-corrected chi connectivity index (χ2v) is 9.38. The maximum atomic E-state index is 14.9. The zero-order valence-corrected chi connectivity index (χ0v) is 18.3. The van der Waals surface area contributed by atoms with Gasteiger partial charge in [0.1, 0.15) is 10.4 Å². The molecule has 4 N–H and O–H groups in total. The van der Waals surface area contributed by atoms with Crippen LogP contribution in [0.25, 0.3) is 0 Å². The summed E-state index contributed by atoms with van der Waals surface area (Å²) in [6, 6.07) is 4.88. The van der Waals surface area contributed by atoms with Gasteiger partial charge in [-0.15, -0.1) is 0 Å². The molecule has 2 heterocycles. The Hall–Kier alpha value is -2.72. The second kappa shape index (κ2) is 8.08. The van der Waals surface area contributed by atoms with Gasteiger partial charge in [-0.25, -0.2) is 13.8 Å². The predicted molar refractivity (Wildman–Crippen MR) is 115 cm³/mol. The van der Waals surface area contributed by atoms with Gasteiger partial charge in [0.15, 0.2) is 16.8 Å². The van der Waals surface area contributed by atoms with E-state index in [0.29, 0.717) is 5.02 Å². The summed E-state index contributed by atoms with van der Waals surface area (Å²) >= 11 is 6.60. The summed E-state index contributed by atoms with van der Waals surface area (Å²) in [4.78, 5) is 32.5. The van der Waals surface area contributed by atoms with E-state index in [1.807, 2.05) is 0 Å². The van der Waals surface area contributed by atoms with Gasteiger partial charge in [0.25, 0.3) is 5.91 Å². The third-order valence-electron chi connectivity index (χ3n) is 5.54. The molecule has 1 aliphatic rings. The van der Waals surface area contributed by atoms with Crippen LogP contribution < -0.4 is 11.1 Å². The summed E-state index contributed by atoms with van der Waals surface area (Å²) in [6.45, 7) is 4.52. The molecule has 1 aliphatic heterocycles. The minimum absolute atomic E-state index is 0.0186. The normalized spacial score (nSPS) is 25.6. The van der Waals surface area contributed by atoms with Crippen molar-refractivity contribution in [2.24, 2.45) is 16.6 Å². The number of halogens is 3. The molecule has 7 nitrogen and oxygen atoms in total. The molecule has 0 radical (unpaired) electrons.